The summed E-state index contributed by atoms with van der Waals surface area (Å²) in [5.41, 5.74) is 0. The summed E-state index contributed by atoms with van der Waals surface area (Å²) < 4.78 is 5.69. The van der Waals surface area contributed by atoms with Crippen molar-refractivity contribution in [3.8, 4) is 5.75 Å². The van der Waals surface area contributed by atoms with E-state index < -0.39 is 0 Å². The Bertz CT molecular complexity index is 691. The Kier molecular flexibility index (Phi) is 3.07. The minimum Gasteiger partial charge on any atom is -0.492 e. The van der Waals surface area contributed by atoms with Gasteiger partial charge in [0.25, 0.3) is 0 Å². The quantitative estimate of drug-likeness (QED) is 0.491. The zero-order chi connectivity index (χ0) is 12.4. The van der Waals surface area contributed by atoms with E-state index in [1.165, 1.54) is 16.2 Å². The van der Waals surface area contributed by atoms with Gasteiger partial charge < -0.3 is 4.74 Å². The summed E-state index contributed by atoms with van der Waals surface area (Å²) in [5.74, 6) is 1.41. The van der Waals surface area contributed by atoms with Gasteiger partial charge in [-0.3, -0.25) is 0 Å². The Balaban J connectivity index is 2.22. The molecule has 0 atom stereocenters. The topological polar surface area (TPSA) is 9.23 Å². The predicted octanol–water partition coefficient (Wildman–Crippen LogP) is 4.61. The molecule has 0 fully saturated rings. The molecule has 1 nitrogen and oxygen atoms in total. The van der Waals surface area contributed by atoms with E-state index in [0.717, 1.165) is 11.1 Å². The number of alkyl halides is 1. The number of hydrogen-bond donors (Lipinski definition) is 0. The molecule has 0 spiro atoms. The molecule has 0 unspecified atom stereocenters. The molecule has 3 aromatic carbocycles. The Labute approximate surface area is 111 Å². The number of rotatable bonds is 3. The van der Waals surface area contributed by atoms with Crippen LogP contribution in [0.1, 0.15) is 0 Å². The fourth-order valence-electron chi connectivity index (χ4n) is 2.21. The highest BCUT2D eigenvalue weighted by atomic mass is 35.5. The number of hydrogen-bond acceptors (Lipinski definition) is 1. The summed E-state index contributed by atoms with van der Waals surface area (Å²) in [4.78, 5) is 0. The molecule has 0 N–H and O–H groups in total. The molecule has 3 rings (SSSR count). The Hall–Kier alpha value is -1.73. The van der Waals surface area contributed by atoms with Crippen molar-refractivity contribution in [3.05, 3.63) is 54.6 Å². The van der Waals surface area contributed by atoms with Gasteiger partial charge in [0.15, 0.2) is 0 Å². The number of halogens is 1. The van der Waals surface area contributed by atoms with Gasteiger partial charge in [0.05, 0.1) is 5.88 Å². The van der Waals surface area contributed by atoms with Crippen LogP contribution in [-0.2, 0) is 0 Å². The summed E-state index contributed by atoms with van der Waals surface area (Å²) in [5, 5.41) is 4.81. The molecule has 0 saturated heterocycles. The number of ether oxygens (including phenoxy) is 1. The normalized spacial score (nSPS) is 10.9. The SMILES string of the molecule is ClCCOc1cccc2cc3ccccc3cc12. The lowest BCUT2D eigenvalue weighted by Gasteiger charge is -2.09. The van der Waals surface area contributed by atoms with Gasteiger partial charge in [-0.2, -0.15) is 0 Å². The van der Waals surface area contributed by atoms with Gasteiger partial charge in [0.1, 0.15) is 12.4 Å². The summed E-state index contributed by atoms with van der Waals surface area (Å²) >= 11 is 5.67. The molecule has 3 aromatic rings. The lowest BCUT2D eigenvalue weighted by Crippen LogP contribution is -1.98. The highest BCUT2D eigenvalue weighted by Gasteiger charge is 2.03. The second kappa shape index (κ2) is 4.87. The maximum absolute atomic E-state index is 5.69. The zero-order valence-corrected chi connectivity index (χ0v) is 10.7. The first-order chi connectivity index (χ1) is 8.88. The lowest BCUT2D eigenvalue weighted by atomic mass is 10.0. The maximum Gasteiger partial charge on any atom is 0.127 e. The van der Waals surface area contributed by atoms with Crippen LogP contribution in [0.25, 0.3) is 21.5 Å². The molecule has 0 saturated carbocycles. The van der Waals surface area contributed by atoms with E-state index in [0.29, 0.717) is 12.5 Å². The van der Waals surface area contributed by atoms with E-state index in [1.807, 2.05) is 12.1 Å². The predicted molar refractivity (Wildman–Crippen MR) is 77.7 cm³/mol. The van der Waals surface area contributed by atoms with Crippen molar-refractivity contribution in [2.24, 2.45) is 0 Å². The van der Waals surface area contributed by atoms with Crippen molar-refractivity contribution < 1.29 is 4.74 Å². The molecule has 0 aliphatic heterocycles. The van der Waals surface area contributed by atoms with Gasteiger partial charge in [-0.15, -0.1) is 11.6 Å². The molecule has 0 amide bonds. The minimum atomic E-state index is 0.504. The van der Waals surface area contributed by atoms with Gasteiger partial charge >= 0.3 is 0 Å². The Morgan fingerprint density at radius 1 is 0.833 bits per heavy atom. The average Bonchev–Trinajstić information content (AvgIpc) is 2.43. The van der Waals surface area contributed by atoms with Crippen LogP contribution in [0.2, 0.25) is 0 Å². The molecule has 90 valence electrons. The maximum atomic E-state index is 5.69. The highest BCUT2D eigenvalue weighted by molar-refractivity contribution is 6.18. The molecule has 0 heterocycles. The molecular weight excluding hydrogens is 244 g/mol. The summed E-state index contributed by atoms with van der Waals surface area (Å²) in [6, 6.07) is 18.8. The van der Waals surface area contributed by atoms with E-state index in [-0.39, 0.29) is 0 Å². The van der Waals surface area contributed by atoms with Crippen molar-refractivity contribution in [3.63, 3.8) is 0 Å². The van der Waals surface area contributed by atoms with Crippen LogP contribution in [0.3, 0.4) is 0 Å². The van der Waals surface area contributed by atoms with Crippen LogP contribution < -0.4 is 4.74 Å². The standard InChI is InChI=1S/C16H13ClO/c17-8-9-18-16-7-3-6-14-10-12-4-1-2-5-13(12)11-15(14)16/h1-7,10-11H,8-9H2. The van der Waals surface area contributed by atoms with Crippen molar-refractivity contribution >= 4 is 33.1 Å². The Morgan fingerprint density at radius 2 is 1.56 bits per heavy atom. The van der Waals surface area contributed by atoms with Gasteiger partial charge in [-0.25, -0.2) is 0 Å². The van der Waals surface area contributed by atoms with Crippen molar-refractivity contribution in [2.45, 2.75) is 0 Å². The molecule has 18 heavy (non-hydrogen) atoms. The third-order valence-electron chi connectivity index (χ3n) is 3.04. The first-order valence-electron chi connectivity index (χ1n) is 5.99. The molecule has 0 bridgehead atoms. The van der Waals surface area contributed by atoms with Crippen molar-refractivity contribution in [1.29, 1.82) is 0 Å². The van der Waals surface area contributed by atoms with E-state index in [9.17, 15) is 0 Å². The lowest BCUT2D eigenvalue weighted by molar-refractivity contribution is 0.347. The minimum absolute atomic E-state index is 0.504. The van der Waals surface area contributed by atoms with Gasteiger partial charge in [0, 0.05) is 5.39 Å². The summed E-state index contributed by atoms with van der Waals surface area (Å²) in [6.07, 6.45) is 0. The smallest absolute Gasteiger partial charge is 0.127 e. The van der Waals surface area contributed by atoms with Crippen LogP contribution in [0.5, 0.6) is 5.75 Å². The van der Waals surface area contributed by atoms with Crippen molar-refractivity contribution in [1.82, 2.24) is 0 Å². The second-order valence-corrected chi connectivity index (χ2v) is 4.59. The van der Waals surface area contributed by atoms with Crippen LogP contribution in [-0.4, -0.2) is 12.5 Å². The monoisotopic (exact) mass is 256 g/mol. The zero-order valence-electron chi connectivity index (χ0n) is 9.90. The third-order valence-corrected chi connectivity index (χ3v) is 3.20. The van der Waals surface area contributed by atoms with E-state index in [2.05, 4.69) is 42.5 Å². The molecule has 2 heteroatoms. The fraction of sp³-hybridized carbons (Fsp3) is 0.125. The first kappa shape index (κ1) is 11.4. The molecule has 0 aliphatic rings. The molecule has 0 aliphatic carbocycles. The number of benzene rings is 3. The van der Waals surface area contributed by atoms with Gasteiger partial charge in [-0.1, -0.05) is 36.4 Å². The molecule has 0 radical (unpaired) electrons. The van der Waals surface area contributed by atoms with E-state index in [4.69, 9.17) is 16.3 Å². The molecule has 0 aromatic heterocycles. The van der Waals surface area contributed by atoms with Crippen molar-refractivity contribution in [2.75, 3.05) is 12.5 Å². The highest BCUT2D eigenvalue weighted by Crippen LogP contribution is 2.29. The van der Waals surface area contributed by atoms with E-state index >= 15 is 0 Å². The van der Waals surface area contributed by atoms with Crippen LogP contribution in [0, 0.1) is 0 Å². The first-order valence-corrected chi connectivity index (χ1v) is 6.52. The van der Waals surface area contributed by atoms with Crippen LogP contribution in [0.15, 0.2) is 54.6 Å². The molecular formula is C16H13ClO. The Morgan fingerprint density at radius 3 is 2.33 bits per heavy atom. The second-order valence-electron chi connectivity index (χ2n) is 4.21. The fourth-order valence-corrected chi connectivity index (χ4v) is 2.29. The third kappa shape index (κ3) is 2.02. The van der Waals surface area contributed by atoms with E-state index in [1.54, 1.807) is 0 Å². The summed E-state index contributed by atoms with van der Waals surface area (Å²) in [6.45, 7) is 0.535. The number of fused-ring (bicyclic) bond motifs is 2. The van der Waals surface area contributed by atoms with Gasteiger partial charge in [0.2, 0.25) is 0 Å². The average molecular weight is 257 g/mol. The summed E-state index contributed by atoms with van der Waals surface area (Å²) in [7, 11) is 0. The van der Waals surface area contributed by atoms with Crippen LogP contribution in [0.4, 0.5) is 0 Å². The van der Waals surface area contributed by atoms with Gasteiger partial charge in [-0.05, 0) is 34.4 Å². The van der Waals surface area contributed by atoms with Crippen LogP contribution >= 0.6 is 11.6 Å². The largest absolute Gasteiger partial charge is 0.492 e.